The lowest BCUT2D eigenvalue weighted by atomic mass is 10.2. The number of fused-ring (bicyclic) bond motifs is 1. The smallest absolute Gasteiger partial charge is 0.203 e. The van der Waals surface area contributed by atoms with Gasteiger partial charge < -0.3 is 0 Å². The Morgan fingerprint density at radius 2 is 2.37 bits per heavy atom. The van der Waals surface area contributed by atoms with Gasteiger partial charge in [0.05, 0.1) is 17.4 Å². The van der Waals surface area contributed by atoms with E-state index in [0.29, 0.717) is 5.15 Å². The lowest BCUT2D eigenvalue weighted by Crippen LogP contribution is -1.90. The molecule has 0 spiro atoms. The predicted octanol–water partition coefficient (Wildman–Crippen LogP) is 3.43. The summed E-state index contributed by atoms with van der Waals surface area (Å²) in [6.07, 6.45) is 1.72. The van der Waals surface area contributed by atoms with Crippen molar-refractivity contribution in [3.63, 3.8) is 0 Å². The van der Waals surface area contributed by atoms with E-state index in [1.54, 1.807) is 6.21 Å². The highest BCUT2D eigenvalue weighted by Crippen LogP contribution is 2.21. The molecule has 2 N–H and O–H groups in total. The molecule has 0 aliphatic rings. The van der Waals surface area contributed by atoms with Crippen molar-refractivity contribution in [2.75, 3.05) is 5.43 Å². The third-order valence-electron chi connectivity index (χ3n) is 2.52. The second kappa shape index (κ2) is 4.99. The molecule has 5 nitrogen and oxygen atoms in total. The normalized spacial score (nSPS) is 11.5. The van der Waals surface area contributed by atoms with Gasteiger partial charge in [-0.3, -0.25) is 10.5 Å². The molecule has 0 saturated carbocycles. The minimum absolute atomic E-state index is 0.536. The molecule has 0 radical (unpaired) electrons. The molecule has 0 unspecified atom stereocenters. The number of aryl methyl sites for hydroxylation is 1. The first-order chi connectivity index (χ1) is 9.22. The molecule has 2 heterocycles. The van der Waals surface area contributed by atoms with Crippen LogP contribution in [0.4, 0.5) is 5.13 Å². The highest BCUT2D eigenvalue weighted by molar-refractivity contribution is 7.13. The molecule has 0 fully saturated rings. The van der Waals surface area contributed by atoms with Crippen LogP contribution in [0, 0.1) is 6.92 Å². The van der Waals surface area contributed by atoms with E-state index in [2.05, 4.69) is 25.7 Å². The Morgan fingerprint density at radius 3 is 3.16 bits per heavy atom. The molecule has 3 aromatic rings. The monoisotopic (exact) mass is 291 g/mol. The summed E-state index contributed by atoms with van der Waals surface area (Å²) in [6, 6.07) is 5.75. The number of rotatable bonds is 3. The van der Waals surface area contributed by atoms with Crippen LogP contribution in [0.25, 0.3) is 10.9 Å². The minimum atomic E-state index is 0.536. The number of benzene rings is 1. The summed E-state index contributed by atoms with van der Waals surface area (Å²) in [5.41, 5.74) is 5.65. The summed E-state index contributed by atoms with van der Waals surface area (Å²) >= 11 is 7.51. The third-order valence-corrected chi connectivity index (χ3v) is 3.68. The maximum Gasteiger partial charge on any atom is 0.203 e. The number of thiazole rings is 1. The van der Waals surface area contributed by atoms with E-state index in [4.69, 9.17) is 11.6 Å². The number of halogens is 1. The van der Waals surface area contributed by atoms with Crippen molar-refractivity contribution in [3.05, 3.63) is 40.0 Å². The van der Waals surface area contributed by atoms with E-state index >= 15 is 0 Å². The quantitative estimate of drug-likeness (QED) is 0.574. The summed E-state index contributed by atoms with van der Waals surface area (Å²) in [5.74, 6) is 0. The molecule has 1 aromatic carbocycles. The van der Waals surface area contributed by atoms with Gasteiger partial charge in [-0.2, -0.15) is 10.2 Å². The fourth-order valence-corrected chi connectivity index (χ4v) is 2.47. The molecule has 2 aromatic heterocycles. The number of aromatic nitrogens is 3. The van der Waals surface area contributed by atoms with Crippen molar-refractivity contribution in [1.82, 2.24) is 15.2 Å². The van der Waals surface area contributed by atoms with Gasteiger partial charge in [0.1, 0.15) is 5.15 Å². The number of nitrogens with zero attached hydrogens (tertiary/aromatic N) is 3. The molecule has 19 heavy (non-hydrogen) atoms. The highest BCUT2D eigenvalue weighted by Gasteiger charge is 2.02. The Hall–Kier alpha value is -1.92. The van der Waals surface area contributed by atoms with Gasteiger partial charge in [-0.1, -0.05) is 17.7 Å². The van der Waals surface area contributed by atoms with E-state index < -0.39 is 0 Å². The first-order valence-corrected chi connectivity index (χ1v) is 6.83. The molecule has 96 valence electrons. The van der Waals surface area contributed by atoms with Crippen molar-refractivity contribution in [2.24, 2.45) is 5.10 Å². The van der Waals surface area contributed by atoms with Crippen LogP contribution < -0.4 is 5.43 Å². The van der Waals surface area contributed by atoms with Crippen molar-refractivity contribution in [2.45, 2.75) is 6.92 Å². The molecule has 3 rings (SSSR count). The molecule has 0 bridgehead atoms. The van der Waals surface area contributed by atoms with Crippen molar-refractivity contribution in [1.29, 1.82) is 0 Å². The van der Waals surface area contributed by atoms with E-state index in [1.165, 1.54) is 11.3 Å². The largest absolute Gasteiger partial charge is 0.266 e. The summed E-state index contributed by atoms with van der Waals surface area (Å²) in [7, 11) is 0. The topological polar surface area (TPSA) is 66.0 Å². The maximum atomic E-state index is 5.99. The number of anilines is 1. The first-order valence-electron chi connectivity index (χ1n) is 5.57. The van der Waals surface area contributed by atoms with Crippen molar-refractivity contribution < 1.29 is 0 Å². The average molecular weight is 292 g/mol. The average Bonchev–Trinajstić information content (AvgIpc) is 2.97. The molecular formula is C12H10ClN5S. The number of nitrogens with one attached hydrogen (secondary N) is 2. The zero-order chi connectivity index (χ0) is 13.2. The van der Waals surface area contributed by atoms with Crippen LogP contribution >= 0.6 is 22.9 Å². The van der Waals surface area contributed by atoms with Gasteiger partial charge in [0.15, 0.2) is 0 Å². The van der Waals surface area contributed by atoms with Crippen LogP contribution in [0.15, 0.2) is 28.7 Å². The predicted molar refractivity (Wildman–Crippen MR) is 79.2 cm³/mol. The summed E-state index contributed by atoms with van der Waals surface area (Å²) < 4.78 is 0. The van der Waals surface area contributed by atoms with Crippen LogP contribution in [0.3, 0.4) is 0 Å². The van der Waals surface area contributed by atoms with E-state index in [-0.39, 0.29) is 0 Å². The number of hydrogen-bond donors (Lipinski definition) is 2. The van der Waals surface area contributed by atoms with Gasteiger partial charge in [-0.15, -0.1) is 11.3 Å². The Labute approximate surface area is 118 Å². The van der Waals surface area contributed by atoms with Gasteiger partial charge >= 0.3 is 0 Å². The number of aromatic amines is 1. The first kappa shape index (κ1) is 12.1. The Kier molecular flexibility index (Phi) is 3.18. The van der Waals surface area contributed by atoms with Crippen LogP contribution in [-0.4, -0.2) is 21.4 Å². The fraction of sp³-hybridized carbons (Fsp3) is 0.0833. The standard InChI is InChI=1S/C12H10ClN5S/c1-7-6-19-12(15-7)18-14-5-8-2-3-10-9(4-8)11(13)17-16-10/h2-6H,1H3,(H,15,18)(H,16,17). The van der Waals surface area contributed by atoms with Crippen LogP contribution in [0.1, 0.15) is 11.3 Å². The van der Waals surface area contributed by atoms with Crippen LogP contribution in [0.5, 0.6) is 0 Å². The third kappa shape index (κ3) is 2.59. The number of H-pyrrole nitrogens is 1. The Bertz CT molecular complexity index is 746. The number of hydrogen-bond acceptors (Lipinski definition) is 5. The van der Waals surface area contributed by atoms with Crippen LogP contribution in [0.2, 0.25) is 5.15 Å². The number of hydrazone groups is 1. The molecule has 7 heteroatoms. The van der Waals surface area contributed by atoms with Crippen molar-refractivity contribution >= 4 is 45.2 Å². The molecule has 0 amide bonds. The van der Waals surface area contributed by atoms with E-state index in [9.17, 15) is 0 Å². The van der Waals surface area contributed by atoms with Gasteiger partial charge in [0.25, 0.3) is 0 Å². The minimum Gasteiger partial charge on any atom is -0.266 e. The Morgan fingerprint density at radius 1 is 1.47 bits per heavy atom. The van der Waals surface area contributed by atoms with Crippen molar-refractivity contribution in [3.8, 4) is 0 Å². The summed E-state index contributed by atoms with van der Waals surface area (Å²) in [6.45, 7) is 1.94. The summed E-state index contributed by atoms with van der Waals surface area (Å²) in [4.78, 5) is 4.26. The van der Waals surface area contributed by atoms with E-state index in [1.807, 2.05) is 30.5 Å². The van der Waals surface area contributed by atoms with Gasteiger partial charge in [-0.25, -0.2) is 4.98 Å². The molecule has 0 aliphatic heterocycles. The fourth-order valence-electron chi connectivity index (χ4n) is 1.64. The maximum absolute atomic E-state index is 5.99. The van der Waals surface area contributed by atoms with Gasteiger partial charge in [0, 0.05) is 10.8 Å². The zero-order valence-electron chi connectivity index (χ0n) is 10.0. The lowest BCUT2D eigenvalue weighted by molar-refractivity contribution is 1.12. The molecule has 0 aliphatic carbocycles. The highest BCUT2D eigenvalue weighted by atomic mass is 35.5. The van der Waals surface area contributed by atoms with Gasteiger partial charge in [-0.05, 0) is 24.6 Å². The Balaban J connectivity index is 1.78. The molecule has 0 atom stereocenters. The molecular weight excluding hydrogens is 282 g/mol. The molecule has 0 saturated heterocycles. The lowest BCUT2D eigenvalue weighted by Gasteiger charge is -1.95. The van der Waals surface area contributed by atoms with E-state index in [0.717, 1.165) is 27.3 Å². The SMILES string of the molecule is Cc1csc(NN=Cc2ccc3n[nH]c(Cl)c3c2)n1. The zero-order valence-corrected chi connectivity index (χ0v) is 11.6. The second-order valence-corrected chi connectivity index (χ2v) is 5.21. The van der Waals surface area contributed by atoms with Gasteiger partial charge in [0.2, 0.25) is 5.13 Å². The second-order valence-electron chi connectivity index (χ2n) is 3.98. The van der Waals surface area contributed by atoms with Crippen LogP contribution in [-0.2, 0) is 0 Å². The summed E-state index contributed by atoms with van der Waals surface area (Å²) in [5, 5.41) is 15.1.